The number of rotatable bonds is 3. The smallest absolute Gasteiger partial charge is 0.253 e. The van der Waals surface area contributed by atoms with Gasteiger partial charge in [-0.3, -0.25) is 4.79 Å². The van der Waals surface area contributed by atoms with Crippen molar-refractivity contribution in [2.45, 2.75) is 38.1 Å². The summed E-state index contributed by atoms with van der Waals surface area (Å²) in [4.78, 5) is 25.5. The molecule has 3 bridgehead atoms. The van der Waals surface area contributed by atoms with Crippen LogP contribution in [0.3, 0.4) is 0 Å². The minimum Gasteiger partial charge on any atom is -0.349 e. The molecule has 4 aliphatic carbocycles. The highest BCUT2D eigenvalue weighted by atomic mass is 19.1. The number of halogens is 1. The van der Waals surface area contributed by atoms with Gasteiger partial charge in [0.1, 0.15) is 17.2 Å². The summed E-state index contributed by atoms with van der Waals surface area (Å²) in [6.45, 7) is 0. The fourth-order valence-corrected chi connectivity index (χ4v) is 7.56. The summed E-state index contributed by atoms with van der Waals surface area (Å²) in [5, 5.41) is 3.41. The number of benzene rings is 1. The first-order chi connectivity index (χ1) is 14.6. The van der Waals surface area contributed by atoms with Gasteiger partial charge in [0.15, 0.2) is 5.65 Å². The maximum absolute atomic E-state index is 13.3. The zero-order valence-electron chi connectivity index (χ0n) is 16.6. The molecule has 0 saturated heterocycles. The van der Waals surface area contributed by atoms with Crippen LogP contribution in [0.2, 0.25) is 0 Å². The molecule has 3 aromatic rings. The van der Waals surface area contributed by atoms with Gasteiger partial charge < -0.3 is 10.3 Å². The van der Waals surface area contributed by atoms with Gasteiger partial charge in [-0.05, 0) is 91.5 Å². The van der Waals surface area contributed by atoms with Crippen LogP contribution in [-0.4, -0.2) is 26.9 Å². The lowest BCUT2D eigenvalue weighted by Gasteiger charge is -2.50. The van der Waals surface area contributed by atoms with Crippen LogP contribution in [0.15, 0.2) is 36.5 Å². The first-order valence-corrected chi connectivity index (χ1v) is 11.0. The monoisotopic (exact) mass is 402 g/mol. The summed E-state index contributed by atoms with van der Waals surface area (Å²) < 4.78 is 13.3. The van der Waals surface area contributed by atoms with Gasteiger partial charge in [0.2, 0.25) is 0 Å². The summed E-state index contributed by atoms with van der Waals surface area (Å²) in [6.07, 6.45) is 8.36. The van der Waals surface area contributed by atoms with Crippen molar-refractivity contribution in [2.75, 3.05) is 0 Å². The topological polar surface area (TPSA) is 70.7 Å². The Hall–Kier alpha value is -2.76. The second kappa shape index (κ2) is 5.68. The van der Waals surface area contributed by atoms with E-state index in [4.69, 9.17) is 0 Å². The van der Waals surface area contributed by atoms with E-state index < -0.39 is 0 Å². The molecule has 4 aliphatic rings. The number of H-pyrrole nitrogens is 1. The molecule has 1 amide bonds. The van der Waals surface area contributed by atoms with Gasteiger partial charge in [-0.2, -0.15) is 0 Å². The van der Waals surface area contributed by atoms with Crippen molar-refractivity contribution in [3.63, 3.8) is 0 Å². The number of aromatic nitrogens is 3. The van der Waals surface area contributed by atoms with Gasteiger partial charge in [-0.15, -0.1) is 0 Å². The fourth-order valence-electron chi connectivity index (χ4n) is 7.56. The van der Waals surface area contributed by atoms with Gasteiger partial charge in [0.25, 0.3) is 5.91 Å². The Bertz CT molecular complexity index is 1190. The van der Waals surface area contributed by atoms with Gasteiger partial charge in [0.05, 0.1) is 5.56 Å². The van der Waals surface area contributed by atoms with Crippen molar-refractivity contribution < 1.29 is 9.18 Å². The fraction of sp³-hybridized carbons (Fsp3) is 0.458. The number of nitrogens with one attached hydrogen (secondary N) is 2. The number of hydrogen-bond donors (Lipinski definition) is 2. The van der Waals surface area contributed by atoms with Gasteiger partial charge in [0, 0.05) is 17.8 Å². The van der Waals surface area contributed by atoms with Crippen molar-refractivity contribution in [1.29, 1.82) is 0 Å². The maximum Gasteiger partial charge on any atom is 0.253 e. The van der Waals surface area contributed by atoms with Crippen LogP contribution in [0.5, 0.6) is 0 Å². The lowest BCUT2D eigenvalue weighted by atomic mass is 9.55. The molecule has 2 N–H and O–H groups in total. The number of aromatic amines is 1. The van der Waals surface area contributed by atoms with Crippen LogP contribution in [-0.2, 0) is 0 Å². The molecule has 6 unspecified atom stereocenters. The van der Waals surface area contributed by atoms with E-state index in [1.165, 1.54) is 44.2 Å². The molecule has 1 aromatic carbocycles. The van der Waals surface area contributed by atoms with Crippen LogP contribution in [0.1, 0.15) is 42.5 Å². The molecule has 6 heteroatoms. The third-order valence-corrected chi connectivity index (χ3v) is 8.64. The summed E-state index contributed by atoms with van der Waals surface area (Å²) in [5.74, 6) is 3.35. The SMILES string of the molecule is O=C(NC1C2CC3CC4CC1C4(C3)C2)c1ccnc2[nH]c(-c3ccc(F)cc3)nc12. The molecule has 7 rings (SSSR count). The van der Waals surface area contributed by atoms with E-state index >= 15 is 0 Å². The second-order valence-corrected chi connectivity index (χ2v) is 9.93. The van der Waals surface area contributed by atoms with Crippen molar-refractivity contribution in [2.24, 2.45) is 29.1 Å². The minimum atomic E-state index is -0.291. The summed E-state index contributed by atoms with van der Waals surface area (Å²) in [7, 11) is 0. The number of carbonyl (C=O) groups excluding carboxylic acids is 1. The molecule has 5 nitrogen and oxygen atoms in total. The maximum atomic E-state index is 13.3. The third kappa shape index (κ3) is 2.14. The zero-order chi connectivity index (χ0) is 20.0. The molecule has 6 atom stereocenters. The van der Waals surface area contributed by atoms with E-state index in [0.29, 0.717) is 45.8 Å². The van der Waals surface area contributed by atoms with Crippen LogP contribution >= 0.6 is 0 Å². The number of hydrogen-bond acceptors (Lipinski definition) is 3. The Kier molecular flexibility index (Phi) is 3.22. The lowest BCUT2D eigenvalue weighted by Crippen LogP contribution is -2.51. The zero-order valence-corrected chi connectivity index (χ0v) is 16.6. The minimum absolute atomic E-state index is 0.0483. The first-order valence-electron chi connectivity index (χ1n) is 11.0. The van der Waals surface area contributed by atoms with Gasteiger partial charge >= 0.3 is 0 Å². The molecule has 30 heavy (non-hydrogen) atoms. The van der Waals surface area contributed by atoms with Gasteiger partial charge in [-0.1, -0.05) is 0 Å². The summed E-state index contributed by atoms with van der Waals surface area (Å²) in [6, 6.07) is 8.21. The molecule has 1 spiro atoms. The van der Waals surface area contributed by atoms with Crippen molar-refractivity contribution >= 4 is 17.1 Å². The highest BCUT2D eigenvalue weighted by molar-refractivity contribution is 6.04. The number of amides is 1. The first kappa shape index (κ1) is 17.0. The van der Waals surface area contributed by atoms with Crippen molar-refractivity contribution in [1.82, 2.24) is 20.3 Å². The molecular formula is C24H23FN4O. The largest absolute Gasteiger partial charge is 0.349 e. The van der Waals surface area contributed by atoms with E-state index in [2.05, 4.69) is 20.3 Å². The Morgan fingerprint density at radius 2 is 2.00 bits per heavy atom. The molecular weight excluding hydrogens is 379 g/mol. The average Bonchev–Trinajstić information content (AvgIpc) is 3.31. The quantitative estimate of drug-likeness (QED) is 0.686. The molecule has 4 fully saturated rings. The Balaban J connectivity index is 1.20. The van der Waals surface area contributed by atoms with E-state index in [1.807, 2.05) is 0 Å². The second-order valence-electron chi connectivity index (χ2n) is 9.93. The number of pyridine rings is 1. The highest BCUT2D eigenvalue weighted by Crippen LogP contribution is 2.75. The predicted molar refractivity (Wildman–Crippen MR) is 110 cm³/mol. The molecule has 152 valence electrons. The van der Waals surface area contributed by atoms with E-state index in [-0.39, 0.29) is 11.7 Å². The number of carbonyl (C=O) groups is 1. The lowest BCUT2D eigenvalue weighted by molar-refractivity contribution is -0.00892. The number of fused-ring (bicyclic) bond motifs is 3. The van der Waals surface area contributed by atoms with Crippen molar-refractivity contribution in [3.8, 4) is 11.4 Å². The van der Waals surface area contributed by atoms with E-state index in [1.54, 1.807) is 24.4 Å². The molecule has 2 heterocycles. The van der Waals surface area contributed by atoms with Crippen LogP contribution in [0, 0.1) is 34.9 Å². The number of imidazole rings is 1. The normalized spacial score (nSPS) is 35.4. The van der Waals surface area contributed by atoms with Crippen LogP contribution in [0.25, 0.3) is 22.6 Å². The van der Waals surface area contributed by atoms with E-state index in [0.717, 1.165) is 17.4 Å². The standard InChI is InChI=1S/C24H23FN4O/c25-16-3-1-13(2-4-16)21-27-20-17(5-6-26-22(20)29-21)23(30)28-19-14-7-12-8-15-9-18(19)24(15,10-12)11-14/h1-6,12,14-15,18-19H,7-11H2,(H,28,30)(H,26,27,29). The summed E-state index contributed by atoms with van der Waals surface area (Å²) in [5.41, 5.74) is 3.02. The Morgan fingerprint density at radius 1 is 1.13 bits per heavy atom. The van der Waals surface area contributed by atoms with Gasteiger partial charge in [-0.25, -0.2) is 14.4 Å². The van der Waals surface area contributed by atoms with E-state index in [9.17, 15) is 9.18 Å². The van der Waals surface area contributed by atoms with Crippen LogP contribution in [0.4, 0.5) is 4.39 Å². The highest BCUT2D eigenvalue weighted by Gasteiger charge is 2.70. The molecule has 0 aliphatic heterocycles. The third-order valence-electron chi connectivity index (χ3n) is 8.64. The van der Waals surface area contributed by atoms with Crippen LogP contribution < -0.4 is 5.32 Å². The Morgan fingerprint density at radius 3 is 2.87 bits per heavy atom. The van der Waals surface area contributed by atoms with Crippen molar-refractivity contribution in [3.05, 3.63) is 47.9 Å². The molecule has 4 saturated carbocycles. The molecule has 2 aromatic heterocycles. The Labute approximate surface area is 173 Å². The predicted octanol–water partition coefficient (Wildman–Crippen LogP) is 4.32. The summed E-state index contributed by atoms with van der Waals surface area (Å²) >= 11 is 0. The average molecular weight is 402 g/mol. The number of nitrogens with zero attached hydrogens (tertiary/aromatic N) is 2. The molecule has 0 radical (unpaired) electrons.